The number of hydrogen-bond donors (Lipinski definition) is 3. The summed E-state index contributed by atoms with van der Waals surface area (Å²) in [6, 6.07) is 34.8. The second kappa shape index (κ2) is 19.0. The zero-order chi connectivity index (χ0) is 41.6. The molecule has 0 aliphatic heterocycles. The molecule has 0 aromatic heterocycles. The van der Waals surface area contributed by atoms with E-state index < -0.39 is 29.0 Å². The van der Waals surface area contributed by atoms with Crippen molar-refractivity contribution >= 4 is 28.2 Å². The number of ketones is 1. The average molecular weight is 818 g/mol. The summed E-state index contributed by atoms with van der Waals surface area (Å²) in [7, 11) is 0. The van der Waals surface area contributed by atoms with Crippen LogP contribution in [-0.4, -0.2) is 63.5 Å². The first-order chi connectivity index (χ1) is 28.4. The van der Waals surface area contributed by atoms with Crippen molar-refractivity contribution in [1.29, 1.82) is 0 Å². The Morgan fingerprint density at radius 3 is 2.54 bits per heavy atom. The van der Waals surface area contributed by atoms with Gasteiger partial charge in [0.25, 0.3) is 0 Å². The number of carbonyl (C=O) groups is 1. The molecule has 3 aliphatic carbocycles. The maximum Gasteiger partial charge on any atom is 0.167 e. The number of benzene rings is 5. The van der Waals surface area contributed by atoms with Gasteiger partial charge in [0, 0.05) is 47.6 Å². The Bertz CT molecular complexity index is 2240. The fourth-order valence-corrected chi connectivity index (χ4v) is 9.89. The van der Waals surface area contributed by atoms with Gasteiger partial charge in [-0.05, 0) is 109 Å². The predicted molar refractivity (Wildman–Crippen MR) is 234 cm³/mol. The van der Waals surface area contributed by atoms with E-state index in [1.165, 1.54) is 17.7 Å². The lowest BCUT2D eigenvalue weighted by Gasteiger charge is -2.46. The Kier molecular flexibility index (Phi) is 13.8. The highest BCUT2D eigenvalue weighted by Gasteiger charge is 2.57. The minimum Gasteiger partial charge on any atom is -0.393 e. The Labute approximate surface area is 353 Å². The molecule has 8 heteroatoms. The van der Waals surface area contributed by atoms with E-state index in [0.717, 1.165) is 39.4 Å². The van der Waals surface area contributed by atoms with Crippen molar-refractivity contribution in [3.63, 3.8) is 0 Å². The van der Waals surface area contributed by atoms with E-state index in [4.69, 9.17) is 16.3 Å². The molecule has 310 valence electrons. The van der Waals surface area contributed by atoms with Crippen molar-refractivity contribution in [3.05, 3.63) is 165 Å². The molecule has 0 spiro atoms. The molecule has 59 heavy (non-hydrogen) atoms. The van der Waals surface area contributed by atoms with Crippen LogP contribution in [0.15, 0.2) is 121 Å². The predicted octanol–water partition coefficient (Wildman–Crippen LogP) is 10.2. The second-order valence-electron chi connectivity index (χ2n) is 17.2. The minimum absolute atomic E-state index is 0.141. The van der Waals surface area contributed by atoms with Crippen LogP contribution in [0.5, 0.6) is 0 Å². The van der Waals surface area contributed by atoms with Crippen molar-refractivity contribution in [3.8, 4) is 0 Å². The Balaban J connectivity index is 1.24. The molecule has 3 N–H and O–H groups in total. The molecule has 5 unspecified atom stereocenters. The van der Waals surface area contributed by atoms with Gasteiger partial charge in [0.2, 0.25) is 0 Å². The van der Waals surface area contributed by atoms with Gasteiger partial charge in [-0.2, -0.15) is 0 Å². The topological polar surface area (TPSA) is 90.2 Å². The van der Waals surface area contributed by atoms with Crippen molar-refractivity contribution in [2.75, 3.05) is 19.7 Å². The van der Waals surface area contributed by atoms with E-state index in [1.807, 2.05) is 60.7 Å². The lowest BCUT2D eigenvalue weighted by atomic mass is 9.64. The van der Waals surface area contributed by atoms with Crippen LogP contribution < -0.4 is 0 Å². The number of allylic oxidation sites excluding steroid dienone is 2. The minimum atomic E-state index is -1.21. The molecule has 2 bridgehead atoms. The first-order valence-corrected chi connectivity index (χ1v) is 21.4. The van der Waals surface area contributed by atoms with Crippen LogP contribution in [0.4, 0.5) is 4.39 Å². The smallest absolute Gasteiger partial charge is 0.167 e. The summed E-state index contributed by atoms with van der Waals surface area (Å²) in [6.07, 6.45) is 4.82. The molecular weight excluding hydrogens is 761 g/mol. The number of Topliss-reactive ketones (excluding diaryl/α,β-unsaturated/α-hetero) is 1. The van der Waals surface area contributed by atoms with Gasteiger partial charge >= 0.3 is 0 Å². The van der Waals surface area contributed by atoms with Crippen LogP contribution >= 0.6 is 11.6 Å². The summed E-state index contributed by atoms with van der Waals surface area (Å²) in [5.41, 5.74) is 3.72. The number of carbonyl (C=O) groups excluding carboxylic acids is 1. The molecule has 3 aliphatic rings. The molecule has 5 aromatic rings. The van der Waals surface area contributed by atoms with E-state index in [1.54, 1.807) is 6.07 Å². The van der Waals surface area contributed by atoms with E-state index in [-0.39, 0.29) is 41.9 Å². The van der Waals surface area contributed by atoms with Gasteiger partial charge in [-0.25, -0.2) is 4.39 Å². The molecule has 0 saturated heterocycles. The van der Waals surface area contributed by atoms with Gasteiger partial charge in [-0.1, -0.05) is 121 Å². The maximum atomic E-state index is 15.1. The van der Waals surface area contributed by atoms with E-state index >= 15 is 4.39 Å². The number of hydrogen-bond acceptors (Lipinski definition) is 6. The largest absolute Gasteiger partial charge is 0.393 e. The summed E-state index contributed by atoms with van der Waals surface area (Å²) in [5.74, 6) is -0.987. The normalized spacial score (nSPS) is 22.9. The van der Waals surface area contributed by atoms with Gasteiger partial charge in [-0.3, -0.25) is 9.69 Å². The van der Waals surface area contributed by atoms with Crippen LogP contribution in [0.25, 0.3) is 10.8 Å². The number of rotatable bonds is 13. The maximum absolute atomic E-state index is 15.1. The molecule has 1 saturated carbocycles. The Morgan fingerprint density at radius 1 is 0.966 bits per heavy atom. The highest BCUT2D eigenvalue weighted by Crippen LogP contribution is 2.59. The van der Waals surface area contributed by atoms with Crippen LogP contribution in [-0.2, 0) is 30.7 Å². The lowest BCUT2D eigenvalue weighted by Crippen LogP contribution is -2.53. The Morgan fingerprint density at radius 2 is 1.73 bits per heavy atom. The first kappa shape index (κ1) is 42.9. The number of aliphatic hydroxyl groups is 3. The van der Waals surface area contributed by atoms with Gasteiger partial charge in [0.05, 0.1) is 31.0 Å². The first-order valence-electron chi connectivity index (χ1n) is 21.1. The fourth-order valence-electron chi connectivity index (χ4n) is 9.66. The van der Waals surface area contributed by atoms with Crippen molar-refractivity contribution in [1.82, 2.24) is 4.90 Å². The molecule has 0 radical (unpaired) electrons. The molecule has 0 heterocycles. The number of ether oxygens (including phenoxy) is 1. The van der Waals surface area contributed by atoms with Gasteiger partial charge in [-0.15, -0.1) is 0 Å². The van der Waals surface area contributed by atoms with Crippen LogP contribution in [0.2, 0.25) is 5.02 Å². The third kappa shape index (κ3) is 10.1. The summed E-state index contributed by atoms with van der Waals surface area (Å²) < 4.78 is 21.1. The highest BCUT2D eigenvalue weighted by atomic mass is 35.5. The molecule has 5 aromatic carbocycles. The fraction of sp³-hybridized carbons (Fsp3) is 0.392. The molecular formula is C51H57ClFNO5. The van der Waals surface area contributed by atoms with Crippen molar-refractivity contribution in [2.24, 2.45) is 5.41 Å². The van der Waals surface area contributed by atoms with E-state index in [9.17, 15) is 20.1 Å². The zero-order valence-corrected chi connectivity index (χ0v) is 35.0. The van der Waals surface area contributed by atoms with Crippen LogP contribution in [0, 0.1) is 11.2 Å². The molecule has 8 rings (SSSR count). The van der Waals surface area contributed by atoms with Gasteiger partial charge in [0.1, 0.15) is 5.82 Å². The van der Waals surface area contributed by atoms with Gasteiger partial charge < -0.3 is 20.1 Å². The van der Waals surface area contributed by atoms with Crippen LogP contribution in [0.1, 0.15) is 96.5 Å². The monoisotopic (exact) mass is 817 g/mol. The summed E-state index contributed by atoms with van der Waals surface area (Å²) >= 11 is 6.44. The van der Waals surface area contributed by atoms with E-state index in [2.05, 4.69) is 55.2 Å². The SMILES string of the molecule is CC1=CCCC2(C)C(CCC2(O)CN(Cc2cccc3ccccc23)CC(O)COCc2ccccc2)c2ccc(cc2C(=O)Cc2c(F)cccc2Cl)CC(O)CC1. The number of aliphatic hydroxyl groups excluding tert-OH is 2. The van der Waals surface area contributed by atoms with Gasteiger partial charge in [0.15, 0.2) is 5.78 Å². The zero-order valence-electron chi connectivity index (χ0n) is 34.3. The third-order valence-corrected chi connectivity index (χ3v) is 13.4. The number of nitrogens with zero attached hydrogens (tertiary/aromatic N) is 1. The van der Waals surface area contributed by atoms with Crippen molar-refractivity contribution in [2.45, 2.75) is 102 Å². The van der Waals surface area contributed by atoms with Crippen molar-refractivity contribution < 1.29 is 29.2 Å². The van der Waals surface area contributed by atoms with E-state index in [0.29, 0.717) is 63.8 Å². The van der Waals surface area contributed by atoms with Crippen LogP contribution in [0.3, 0.4) is 0 Å². The molecule has 6 nitrogen and oxygen atoms in total. The lowest BCUT2D eigenvalue weighted by molar-refractivity contribution is -0.0922. The molecule has 5 atom stereocenters. The molecule has 1 fully saturated rings. The molecule has 0 amide bonds. The average Bonchev–Trinajstić information content (AvgIpc) is 3.47. The third-order valence-electron chi connectivity index (χ3n) is 13.0. The standard InChI is InChI=1S/C51H57ClFNO5/c1-35-11-10-25-50(2)46(43-23-21-37(27-40(55)22-20-35)28-44(43)49(57)29-45-47(52)18-9-19-48(45)53)24-26-51(50,58)34-54(30-39-16-8-15-38-14-6-7-17-42(38)39)31-41(56)33-59-32-36-12-4-3-5-13-36/h3-9,11-19,21,23,28,40-41,46,55-56,58H,10,20,22,24-27,29-34H2,1-2H3. The second-order valence-corrected chi connectivity index (χ2v) is 17.6. The number of halogens is 2. The summed E-state index contributed by atoms with van der Waals surface area (Å²) in [6.45, 7) is 5.87. The quantitative estimate of drug-likeness (QED) is 0.0810. The Hall–Kier alpha value is -4.21. The summed E-state index contributed by atoms with van der Waals surface area (Å²) in [4.78, 5) is 16.6. The highest BCUT2D eigenvalue weighted by molar-refractivity contribution is 6.31. The summed E-state index contributed by atoms with van der Waals surface area (Å²) in [5, 5.41) is 38.3. The number of fused-ring (bicyclic) bond motifs is 9.